The van der Waals surface area contributed by atoms with Crippen LogP contribution in [0.15, 0.2) is 40.3 Å². The van der Waals surface area contributed by atoms with Crippen LogP contribution in [-0.4, -0.2) is 36.3 Å². The number of ether oxygens (including phenoxy) is 1. The van der Waals surface area contributed by atoms with Gasteiger partial charge in [0.05, 0.1) is 13.2 Å². The highest BCUT2D eigenvalue weighted by Crippen LogP contribution is 2.37. The second-order valence-corrected chi connectivity index (χ2v) is 8.63. The van der Waals surface area contributed by atoms with Crippen LogP contribution in [0.1, 0.15) is 16.3 Å². The van der Waals surface area contributed by atoms with Crippen LogP contribution in [0.3, 0.4) is 0 Å². The number of benzene rings is 1. The third-order valence-corrected chi connectivity index (χ3v) is 6.71. The summed E-state index contributed by atoms with van der Waals surface area (Å²) in [7, 11) is 0. The van der Waals surface area contributed by atoms with Crippen LogP contribution in [0, 0.1) is 13.8 Å². The summed E-state index contributed by atoms with van der Waals surface area (Å²) in [4.78, 5) is 15.0. The van der Waals surface area contributed by atoms with Crippen molar-refractivity contribution in [3.8, 4) is 0 Å². The molecule has 4 nitrogen and oxygen atoms in total. The Morgan fingerprint density at radius 3 is 2.64 bits per heavy atom. The lowest BCUT2D eigenvalue weighted by atomic mass is 10.2. The van der Waals surface area contributed by atoms with E-state index < -0.39 is 0 Å². The van der Waals surface area contributed by atoms with E-state index in [-0.39, 0.29) is 0 Å². The Labute approximate surface area is 156 Å². The van der Waals surface area contributed by atoms with Crippen LogP contribution in [0.25, 0.3) is 10.2 Å². The molecule has 4 rings (SSSR count). The minimum absolute atomic E-state index is 0.834. The Bertz CT molecular complexity index is 873. The van der Waals surface area contributed by atoms with Crippen molar-refractivity contribution in [3.63, 3.8) is 0 Å². The van der Waals surface area contributed by atoms with Gasteiger partial charge in [-0.05, 0) is 31.5 Å². The normalized spacial score (nSPS) is 15.8. The van der Waals surface area contributed by atoms with E-state index in [2.05, 4.69) is 38.1 Å². The summed E-state index contributed by atoms with van der Waals surface area (Å²) >= 11 is 3.52. The van der Waals surface area contributed by atoms with Crippen LogP contribution >= 0.6 is 23.1 Å². The van der Waals surface area contributed by atoms with Crippen LogP contribution in [0.5, 0.6) is 0 Å². The van der Waals surface area contributed by atoms with Crippen molar-refractivity contribution >= 4 is 33.3 Å². The van der Waals surface area contributed by atoms with Gasteiger partial charge < -0.3 is 9.64 Å². The maximum Gasteiger partial charge on any atom is 0.186 e. The number of rotatable bonds is 4. The SMILES string of the molecule is Cc1sc2nc(C[NH+]3CCOCC3)nc(Sc3ccccc3)c2c1C. The fraction of sp³-hybridized carbons (Fsp3) is 0.368. The molecule has 130 valence electrons. The number of hydrogen-bond donors (Lipinski definition) is 1. The lowest BCUT2D eigenvalue weighted by molar-refractivity contribution is -0.922. The number of nitrogens with one attached hydrogen (secondary N) is 1. The summed E-state index contributed by atoms with van der Waals surface area (Å²) < 4.78 is 5.47. The van der Waals surface area contributed by atoms with Gasteiger partial charge in [-0.2, -0.15) is 0 Å². The van der Waals surface area contributed by atoms with Crippen molar-refractivity contribution in [2.75, 3.05) is 26.3 Å². The summed E-state index contributed by atoms with van der Waals surface area (Å²) in [6, 6.07) is 10.5. The summed E-state index contributed by atoms with van der Waals surface area (Å²) in [5.74, 6) is 0.948. The summed E-state index contributed by atoms with van der Waals surface area (Å²) in [6.07, 6.45) is 0. The molecule has 1 aliphatic heterocycles. The predicted molar refractivity (Wildman–Crippen MR) is 103 cm³/mol. The summed E-state index contributed by atoms with van der Waals surface area (Å²) in [6.45, 7) is 8.96. The second-order valence-electron chi connectivity index (χ2n) is 6.36. The molecular weight excluding hydrogens is 350 g/mol. The molecule has 0 saturated carbocycles. The zero-order valence-corrected chi connectivity index (χ0v) is 16.2. The van der Waals surface area contributed by atoms with Gasteiger partial charge in [-0.1, -0.05) is 30.0 Å². The number of aryl methyl sites for hydroxylation is 2. The molecule has 0 amide bonds. The molecular formula is C19H22N3OS2+. The Balaban J connectivity index is 1.72. The molecule has 1 fully saturated rings. The average molecular weight is 373 g/mol. The molecule has 0 atom stereocenters. The highest BCUT2D eigenvalue weighted by atomic mass is 32.2. The molecule has 1 saturated heterocycles. The molecule has 0 unspecified atom stereocenters. The highest BCUT2D eigenvalue weighted by molar-refractivity contribution is 7.99. The Hall–Kier alpha value is -1.47. The quantitative estimate of drug-likeness (QED) is 0.715. The highest BCUT2D eigenvalue weighted by Gasteiger charge is 2.20. The Kier molecular flexibility index (Phi) is 5.03. The smallest absolute Gasteiger partial charge is 0.186 e. The zero-order valence-electron chi connectivity index (χ0n) is 14.5. The zero-order chi connectivity index (χ0) is 17.2. The standard InChI is InChI=1S/C19H21N3OS2/c1-13-14(2)24-18-17(13)19(25-15-6-4-3-5-7-15)21-16(20-18)12-22-8-10-23-11-9-22/h3-7H,8-12H2,1-2H3/p+1. The van der Waals surface area contributed by atoms with E-state index in [1.165, 1.54) is 25.6 Å². The molecule has 1 N–H and O–H groups in total. The predicted octanol–water partition coefficient (Wildman–Crippen LogP) is 2.87. The fourth-order valence-corrected chi connectivity index (χ4v) is 5.20. The molecule has 1 aromatic carbocycles. The fourth-order valence-electron chi connectivity index (χ4n) is 3.07. The van der Waals surface area contributed by atoms with Crippen molar-refractivity contribution in [3.05, 3.63) is 46.6 Å². The van der Waals surface area contributed by atoms with E-state index in [4.69, 9.17) is 14.7 Å². The van der Waals surface area contributed by atoms with Gasteiger partial charge >= 0.3 is 0 Å². The van der Waals surface area contributed by atoms with Crippen LogP contribution < -0.4 is 4.90 Å². The van der Waals surface area contributed by atoms with E-state index in [9.17, 15) is 0 Å². The van der Waals surface area contributed by atoms with Crippen LogP contribution in [0.4, 0.5) is 0 Å². The minimum atomic E-state index is 0.834. The first-order chi connectivity index (χ1) is 12.2. The van der Waals surface area contributed by atoms with Crippen molar-refractivity contribution in [1.29, 1.82) is 0 Å². The lowest BCUT2D eigenvalue weighted by Gasteiger charge is -2.23. The Morgan fingerprint density at radius 2 is 1.88 bits per heavy atom. The van der Waals surface area contributed by atoms with E-state index in [1.807, 2.05) is 6.07 Å². The number of hydrogen-bond acceptors (Lipinski definition) is 5. The molecule has 2 aromatic heterocycles. The van der Waals surface area contributed by atoms with Crippen molar-refractivity contribution in [2.24, 2.45) is 0 Å². The largest absolute Gasteiger partial charge is 0.370 e. The molecule has 0 bridgehead atoms. The molecule has 6 heteroatoms. The van der Waals surface area contributed by atoms with Crippen molar-refractivity contribution in [2.45, 2.75) is 30.3 Å². The van der Waals surface area contributed by atoms with Gasteiger partial charge in [-0.25, -0.2) is 9.97 Å². The van der Waals surface area contributed by atoms with Crippen LogP contribution in [-0.2, 0) is 11.3 Å². The minimum Gasteiger partial charge on any atom is -0.370 e. The monoisotopic (exact) mass is 372 g/mol. The first kappa shape index (κ1) is 17.0. The number of fused-ring (bicyclic) bond motifs is 1. The third kappa shape index (κ3) is 3.72. The van der Waals surface area contributed by atoms with Gasteiger partial charge in [0.25, 0.3) is 0 Å². The van der Waals surface area contributed by atoms with Gasteiger partial charge in [0.15, 0.2) is 5.82 Å². The van der Waals surface area contributed by atoms with E-state index >= 15 is 0 Å². The average Bonchev–Trinajstić information content (AvgIpc) is 2.91. The number of quaternary nitrogens is 1. The van der Waals surface area contributed by atoms with E-state index in [1.54, 1.807) is 23.1 Å². The van der Waals surface area contributed by atoms with Gasteiger partial charge in [0.1, 0.15) is 29.5 Å². The number of morpholine rings is 1. The van der Waals surface area contributed by atoms with E-state index in [0.717, 1.165) is 48.5 Å². The Morgan fingerprint density at radius 1 is 1.12 bits per heavy atom. The van der Waals surface area contributed by atoms with Crippen LogP contribution in [0.2, 0.25) is 0 Å². The number of aromatic nitrogens is 2. The molecule has 3 aromatic rings. The molecule has 25 heavy (non-hydrogen) atoms. The lowest BCUT2D eigenvalue weighted by Crippen LogP contribution is -3.12. The maximum absolute atomic E-state index is 5.47. The van der Waals surface area contributed by atoms with Gasteiger partial charge in [-0.3, -0.25) is 0 Å². The summed E-state index contributed by atoms with van der Waals surface area (Å²) in [5.41, 5.74) is 1.31. The number of nitrogens with zero attached hydrogens (tertiary/aromatic N) is 2. The maximum atomic E-state index is 5.47. The van der Waals surface area contributed by atoms with Gasteiger partial charge in [0.2, 0.25) is 0 Å². The number of thiophene rings is 1. The topological polar surface area (TPSA) is 39.5 Å². The first-order valence-electron chi connectivity index (χ1n) is 8.61. The molecule has 1 aliphatic rings. The molecule has 0 spiro atoms. The third-order valence-electron chi connectivity index (χ3n) is 4.61. The molecule has 3 heterocycles. The van der Waals surface area contributed by atoms with Crippen molar-refractivity contribution < 1.29 is 9.64 Å². The second kappa shape index (κ2) is 7.41. The molecule has 0 radical (unpaired) electrons. The first-order valence-corrected chi connectivity index (χ1v) is 10.2. The van der Waals surface area contributed by atoms with Gasteiger partial charge in [0, 0.05) is 15.2 Å². The molecule has 0 aliphatic carbocycles. The van der Waals surface area contributed by atoms with Crippen molar-refractivity contribution in [1.82, 2.24) is 9.97 Å². The summed E-state index contributed by atoms with van der Waals surface area (Å²) in [5, 5.41) is 2.30. The van der Waals surface area contributed by atoms with Gasteiger partial charge in [-0.15, -0.1) is 11.3 Å². The van der Waals surface area contributed by atoms with E-state index in [0.29, 0.717) is 0 Å².